The molecule has 8 nitrogen and oxygen atoms in total. The summed E-state index contributed by atoms with van der Waals surface area (Å²) in [5.74, 6) is -0.930. The van der Waals surface area contributed by atoms with Gasteiger partial charge in [0.15, 0.2) is 11.2 Å². The van der Waals surface area contributed by atoms with E-state index in [1.165, 1.54) is 31.4 Å². The minimum Gasteiger partial charge on any atom is -0.481 e. The molecule has 0 aliphatic rings. The van der Waals surface area contributed by atoms with Crippen LogP contribution in [0.2, 0.25) is 0 Å². The Balaban J connectivity index is 1.48. The summed E-state index contributed by atoms with van der Waals surface area (Å²) in [6.07, 6.45) is -0.812. The number of fused-ring (bicyclic) bond motifs is 1. The van der Waals surface area contributed by atoms with Crippen LogP contribution in [-0.2, 0) is 9.53 Å². The van der Waals surface area contributed by atoms with Crippen LogP contribution in [0.25, 0.3) is 10.8 Å². The average molecular weight is 452 g/mol. The number of esters is 1. The van der Waals surface area contributed by atoms with E-state index in [4.69, 9.17) is 17.0 Å². The molecule has 1 unspecified atom stereocenters. The van der Waals surface area contributed by atoms with Crippen molar-refractivity contribution in [2.24, 2.45) is 0 Å². The van der Waals surface area contributed by atoms with Gasteiger partial charge in [-0.25, -0.2) is 4.79 Å². The topological polar surface area (TPSA) is 106 Å². The zero-order valence-electron chi connectivity index (χ0n) is 17.4. The van der Waals surface area contributed by atoms with Gasteiger partial charge in [0.25, 0.3) is 11.8 Å². The van der Waals surface area contributed by atoms with Crippen molar-refractivity contribution in [1.82, 2.24) is 16.2 Å². The lowest BCUT2D eigenvalue weighted by molar-refractivity contribution is -0.127. The van der Waals surface area contributed by atoms with Crippen molar-refractivity contribution in [3.63, 3.8) is 0 Å². The van der Waals surface area contributed by atoms with Crippen LogP contribution in [0.5, 0.6) is 5.75 Å². The maximum Gasteiger partial charge on any atom is 0.337 e. The first kappa shape index (κ1) is 22.7. The standard InChI is InChI=1S/C23H21N3O5S/c1-14(31-19-12-11-15-5-3-4-6-18(15)13-19)20(27)25-26-23(32)24-21(28)16-7-9-17(10-8-16)22(29)30-2/h3-14H,1-2H3,(H,25,27)(H2,24,26,28,32). The molecule has 3 N–H and O–H groups in total. The van der Waals surface area contributed by atoms with Crippen LogP contribution in [0.4, 0.5) is 0 Å². The Kier molecular flexibility index (Phi) is 7.35. The average Bonchev–Trinajstić information content (AvgIpc) is 2.81. The Morgan fingerprint density at radius 3 is 2.22 bits per heavy atom. The number of amides is 2. The predicted molar refractivity (Wildman–Crippen MR) is 123 cm³/mol. The summed E-state index contributed by atoms with van der Waals surface area (Å²) in [5.41, 5.74) is 5.46. The van der Waals surface area contributed by atoms with Crippen molar-refractivity contribution in [2.45, 2.75) is 13.0 Å². The number of hydrogen-bond acceptors (Lipinski definition) is 6. The number of hydrogen-bond donors (Lipinski definition) is 3. The summed E-state index contributed by atoms with van der Waals surface area (Å²) in [6.45, 7) is 1.59. The Morgan fingerprint density at radius 2 is 1.53 bits per heavy atom. The number of methoxy groups -OCH3 is 1. The SMILES string of the molecule is COC(=O)c1ccc(C(=O)NC(=S)NNC(=O)C(C)Oc2ccc3ccccc3c2)cc1. The molecule has 3 aromatic carbocycles. The summed E-state index contributed by atoms with van der Waals surface area (Å²) in [6, 6.07) is 19.2. The van der Waals surface area contributed by atoms with E-state index in [0.29, 0.717) is 11.3 Å². The van der Waals surface area contributed by atoms with E-state index < -0.39 is 23.9 Å². The van der Waals surface area contributed by atoms with Gasteiger partial charge in [-0.05, 0) is 66.3 Å². The van der Waals surface area contributed by atoms with E-state index >= 15 is 0 Å². The van der Waals surface area contributed by atoms with Gasteiger partial charge >= 0.3 is 5.97 Å². The third kappa shape index (κ3) is 5.79. The fourth-order valence-electron chi connectivity index (χ4n) is 2.80. The number of carbonyl (C=O) groups excluding carboxylic acids is 3. The van der Waals surface area contributed by atoms with Crippen LogP contribution in [0, 0.1) is 0 Å². The number of carbonyl (C=O) groups is 3. The van der Waals surface area contributed by atoms with Crippen molar-refractivity contribution in [1.29, 1.82) is 0 Å². The number of ether oxygens (including phenoxy) is 2. The first-order valence-corrected chi connectivity index (χ1v) is 10.0. The highest BCUT2D eigenvalue weighted by Gasteiger charge is 2.16. The molecule has 0 heterocycles. The Hall–Kier alpha value is -3.98. The van der Waals surface area contributed by atoms with Crippen LogP contribution >= 0.6 is 12.2 Å². The third-order valence-electron chi connectivity index (χ3n) is 4.50. The molecular formula is C23H21N3O5S. The Bertz CT molecular complexity index is 1160. The molecule has 0 fully saturated rings. The molecule has 2 amide bonds. The molecule has 164 valence electrons. The van der Waals surface area contributed by atoms with Gasteiger partial charge in [0.05, 0.1) is 12.7 Å². The zero-order valence-corrected chi connectivity index (χ0v) is 18.2. The summed E-state index contributed by atoms with van der Waals surface area (Å²) >= 11 is 5.03. The van der Waals surface area contributed by atoms with Crippen molar-refractivity contribution >= 4 is 45.9 Å². The summed E-state index contributed by atoms with van der Waals surface area (Å²) in [5, 5.41) is 4.40. The molecule has 0 aromatic heterocycles. The molecule has 0 saturated carbocycles. The van der Waals surface area contributed by atoms with Crippen LogP contribution < -0.4 is 20.9 Å². The molecule has 0 saturated heterocycles. The molecule has 9 heteroatoms. The number of nitrogens with one attached hydrogen (secondary N) is 3. The monoisotopic (exact) mass is 451 g/mol. The molecule has 3 rings (SSSR count). The molecule has 32 heavy (non-hydrogen) atoms. The molecule has 0 aliphatic carbocycles. The van der Waals surface area contributed by atoms with Gasteiger partial charge < -0.3 is 9.47 Å². The predicted octanol–water partition coefficient (Wildman–Crippen LogP) is 2.73. The van der Waals surface area contributed by atoms with Gasteiger partial charge in [0.1, 0.15) is 5.75 Å². The first-order valence-electron chi connectivity index (χ1n) is 9.62. The van der Waals surface area contributed by atoms with Crippen LogP contribution in [-0.4, -0.2) is 36.1 Å². The lowest BCUT2D eigenvalue weighted by atomic mass is 10.1. The number of benzene rings is 3. The van der Waals surface area contributed by atoms with Gasteiger partial charge in [0, 0.05) is 5.56 Å². The molecule has 0 spiro atoms. The van der Waals surface area contributed by atoms with E-state index in [1.54, 1.807) is 13.0 Å². The second kappa shape index (κ2) is 10.4. The number of hydrazine groups is 1. The van der Waals surface area contributed by atoms with Crippen molar-refractivity contribution in [3.8, 4) is 5.75 Å². The van der Waals surface area contributed by atoms with E-state index in [0.717, 1.165) is 10.8 Å². The second-order valence-corrected chi connectivity index (χ2v) is 7.14. The molecule has 0 radical (unpaired) electrons. The second-order valence-electron chi connectivity index (χ2n) is 6.74. The lowest BCUT2D eigenvalue weighted by Crippen LogP contribution is -2.51. The fraction of sp³-hybridized carbons (Fsp3) is 0.130. The Labute approximate surface area is 189 Å². The highest BCUT2D eigenvalue weighted by atomic mass is 32.1. The van der Waals surface area contributed by atoms with Crippen LogP contribution in [0.3, 0.4) is 0 Å². The van der Waals surface area contributed by atoms with Gasteiger partial charge in [-0.15, -0.1) is 0 Å². The Morgan fingerprint density at radius 1 is 0.875 bits per heavy atom. The third-order valence-corrected chi connectivity index (χ3v) is 4.70. The van der Waals surface area contributed by atoms with Gasteiger partial charge in [0.2, 0.25) is 0 Å². The molecule has 3 aromatic rings. The molecular weight excluding hydrogens is 430 g/mol. The maximum absolute atomic E-state index is 12.3. The first-order chi connectivity index (χ1) is 15.4. The van der Waals surface area contributed by atoms with Crippen molar-refractivity contribution in [2.75, 3.05) is 7.11 Å². The van der Waals surface area contributed by atoms with Crippen LogP contribution in [0.15, 0.2) is 66.7 Å². The molecule has 0 bridgehead atoms. The van der Waals surface area contributed by atoms with E-state index in [9.17, 15) is 14.4 Å². The fourth-order valence-corrected chi connectivity index (χ4v) is 2.94. The largest absolute Gasteiger partial charge is 0.481 e. The van der Waals surface area contributed by atoms with E-state index in [2.05, 4.69) is 20.9 Å². The normalized spacial score (nSPS) is 11.2. The summed E-state index contributed by atoms with van der Waals surface area (Å²) in [7, 11) is 1.27. The highest BCUT2D eigenvalue weighted by molar-refractivity contribution is 7.80. The van der Waals surface area contributed by atoms with Gasteiger partial charge in [-0.3, -0.25) is 25.8 Å². The van der Waals surface area contributed by atoms with Crippen LogP contribution in [0.1, 0.15) is 27.6 Å². The highest BCUT2D eigenvalue weighted by Crippen LogP contribution is 2.21. The lowest BCUT2D eigenvalue weighted by Gasteiger charge is -2.16. The molecule has 0 aliphatic heterocycles. The number of rotatable bonds is 5. The van der Waals surface area contributed by atoms with Gasteiger partial charge in [-0.2, -0.15) is 0 Å². The van der Waals surface area contributed by atoms with Crippen molar-refractivity contribution in [3.05, 3.63) is 77.9 Å². The van der Waals surface area contributed by atoms with Gasteiger partial charge in [-0.1, -0.05) is 30.3 Å². The summed E-state index contributed by atoms with van der Waals surface area (Å²) < 4.78 is 10.3. The molecule has 1 atom stereocenters. The number of thiocarbonyl (C=S) groups is 1. The minimum absolute atomic E-state index is 0.0988. The zero-order chi connectivity index (χ0) is 23.1. The quantitative estimate of drug-likeness (QED) is 0.311. The van der Waals surface area contributed by atoms with E-state index in [1.807, 2.05) is 36.4 Å². The minimum atomic E-state index is -0.812. The smallest absolute Gasteiger partial charge is 0.337 e. The van der Waals surface area contributed by atoms with Crippen molar-refractivity contribution < 1.29 is 23.9 Å². The maximum atomic E-state index is 12.3. The summed E-state index contributed by atoms with van der Waals surface area (Å²) in [4.78, 5) is 36.0. The van der Waals surface area contributed by atoms with E-state index in [-0.39, 0.29) is 10.7 Å².